The van der Waals surface area contributed by atoms with Crippen molar-refractivity contribution in [3.63, 3.8) is 0 Å². The summed E-state index contributed by atoms with van der Waals surface area (Å²) in [5, 5.41) is 1.92. The molecule has 0 saturated carbocycles. The van der Waals surface area contributed by atoms with Crippen LogP contribution in [0.15, 0.2) is 18.2 Å². The number of benzene rings is 1. The van der Waals surface area contributed by atoms with E-state index in [1.54, 1.807) is 5.32 Å². The Bertz CT molecular complexity index is 436. The van der Waals surface area contributed by atoms with Gasteiger partial charge in [-0.1, -0.05) is 17.7 Å². The lowest BCUT2D eigenvalue weighted by atomic mass is 10.2. The van der Waals surface area contributed by atoms with Crippen LogP contribution in [0.1, 0.15) is 5.56 Å². The fourth-order valence-corrected chi connectivity index (χ4v) is 1.21. The summed E-state index contributed by atoms with van der Waals surface area (Å²) in [6.45, 7) is 1.52. The molecule has 7 heteroatoms. The Balaban J connectivity index is 2.92. The van der Waals surface area contributed by atoms with Crippen LogP contribution in [0.4, 0.5) is 23.2 Å². The molecular weight excluding hydrogens is 262 g/mol. The summed E-state index contributed by atoms with van der Waals surface area (Å²) in [6, 6.07) is 4.16. The topological polar surface area (TPSA) is 29.1 Å². The van der Waals surface area contributed by atoms with Crippen molar-refractivity contribution >= 4 is 23.2 Å². The number of anilines is 1. The minimum absolute atomic E-state index is 0.0252. The van der Waals surface area contributed by atoms with Crippen LogP contribution in [-0.2, 0) is 4.79 Å². The van der Waals surface area contributed by atoms with Gasteiger partial charge in [-0.3, -0.25) is 4.79 Å². The molecule has 0 aliphatic rings. The molecule has 0 aliphatic heterocycles. The molecule has 0 heterocycles. The van der Waals surface area contributed by atoms with Crippen molar-refractivity contribution in [2.75, 3.05) is 5.32 Å². The second kappa shape index (κ2) is 4.91. The normalized spacial score (nSPS) is 11.7. The molecule has 0 unspecified atom stereocenters. The third-order valence-corrected chi connectivity index (χ3v) is 2.26. The maximum atomic E-state index is 12.7. The number of aryl methyl sites for hydroxylation is 1. The zero-order chi connectivity index (χ0) is 13.2. The third kappa shape index (κ3) is 3.09. The van der Waals surface area contributed by atoms with Crippen LogP contribution in [0.25, 0.3) is 0 Å². The fraction of sp³-hybridized carbons (Fsp3) is 0.300. The Hall–Kier alpha value is -1.30. The van der Waals surface area contributed by atoms with Gasteiger partial charge in [-0.25, -0.2) is 8.78 Å². The molecule has 0 saturated heterocycles. The molecule has 0 radical (unpaired) electrons. The largest absolute Gasteiger partial charge is 0.383 e. The van der Waals surface area contributed by atoms with Gasteiger partial charge in [0.15, 0.2) is 0 Å². The van der Waals surface area contributed by atoms with Gasteiger partial charge in [-0.05, 0) is 24.6 Å². The molecule has 1 aromatic rings. The van der Waals surface area contributed by atoms with Gasteiger partial charge in [0.25, 0.3) is 0 Å². The highest BCUT2D eigenvalue weighted by atomic mass is 35.5. The van der Waals surface area contributed by atoms with E-state index >= 15 is 0 Å². The van der Waals surface area contributed by atoms with Crippen molar-refractivity contribution in [1.82, 2.24) is 0 Å². The average Bonchev–Trinajstić information content (AvgIpc) is 2.23. The van der Waals surface area contributed by atoms with Crippen LogP contribution in [0.2, 0.25) is 5.02 Å². The molecule has 1 aromatic carbocycles. The molecule has 94 valence electrons. The van der Waals surface area contributed by atoms with E-state index in [-0.39, 0.29) is 10.7 Å². The third-order valence-electron chi connectivity index (χ3n) is 2.02. The van der Waals surface area contributed by atoms with Crippen molar-refractivity contribution in [3.05, 3.63) is 28.8 Å². The molecule has 2 nitrogen and oxygen atoms in total. The van der Waals surface area contributed by atoms with Gasteiger partial charge >= 0.3 is 18.3 Å². The molecule has 0 spiro atoms. The minimum Gasteiger partial charge on any atom is -0.320 e. The monoisotopic (exact) mass is 269 g/mol. The van der Waals surface area contributed by atoms with Crippen molar-refractivity contribution in [2.24, 2.45) is 0 Å². The van der Waals surface area contributed by atoms with E-state index in [2.05, 4.69) is 0 Å². The molecule has 17 heavy (non-hydrogen) atoms. The number of carbonyl (C=O) groups excluding carboxylic acids is 1. The summed E-state index contributed by atoms with van der Waals surface area (Å²) in [4.78, 5) is 11.0. The fourth-order valence-electron chi connectivity index (χ4n) is 1.03. The first-order chi connectivity index (χ1) is 7.75. The van der Waals surface area contributed by atoms with E-state index in [9.17, 15) is 22.4 Å². The molecule has 0 bridgehead atoms. The van der Waals surface area contributed by atoms with Gasteiger partial charge in [-0.15, -0.1) is 0 Å². The van der Waals surface area contributed by atoms with E-state index in [0.29, 0.717) is 5.56 Å². The van der Waals surface area contributed by atoms with Crippen LogP contribution >= 0.6 is 11.6 Å². The SMILES string of the molecule is Cc1ccc(Cl)cc1NC(=O)C(F)(F)C(F)F. The Morgan fingerprint density at radius 3 is 2.53 bits per heavy atom. The molecule has 1 amide bonds. The number of nitrogens with one attached hydrogen (secondary N) is 1. The van der Waals surface area contributed by atoms with Gasteiger partial charge in [0, 0.05) is 10.7 Å². The van der Waals surface area contributed by atoms with Gasteiger partial charge in [-0.2, -0.15) is 8.78 Å². The Morgan fingerprint density at radius 2 is 2.00 bits per heavy atom. The Morgan fingerprint density at radius 1 is 1.41 bits per heavy atom. The van der Waals surface area contributed by atoms with Gasteiger partial charge in [0.05, 0.1) is 0 Å². The second-order valence-corrected chi connectivity index (χ2v) is 3.77. The first kappa shape index (κ1) is 13.8. The molecule has 1 rings (SSSR count). The molecule has 0 fully saturated rings. The molecule has 1 N–H and O–H groups in total. The van der Waals surface area contributed by atoms with Crippen LogP contribution in [0.3, 0.4) is 0 Å². The van der Waals surface area contributed by atoms with E-state index in [1.165, 1.54) is 25.1 Å². The highest BCUT2D eigenvalue weighted by Gasteiger charge is 2.49. The van der Waals surface area contributed by atoms with Crippen molar-refractivity contribution < 1.29 is 22.4 Å². The summed E-state index contributed by atoms with van der Waals surface area (Å²) in [5.41, 5.74) is 0.413. The van der Waals surface area contributed by atoms with E-state index in [1.807, 2.05) is 0 Å². The number of carbonyl (C=O) groups is 1. The zero-order valence-electron chi connectivity index (χ0n) is 8.61. The van der Waals surface area contributed by atoms with Crippen molar-refractivity contribution in [1.29, 1.82) is 0 Å². The van der Waals surface area contributed by atoms with Crippen molar-refractivity contribution in [2.45, 2.75) is 19.3 Å². The maximum absolute atomic E-state index is 12.7. The average molecular weight is 270 g/mol. The Labute approximate surface area is 99.6 Å². The molecule has 0 atom stereocenters. The number of alkyl halides is 4. The highest BCUT2D eigenvalue weighted by Crippen LogP contribution is 2.26. The summed E-state index contributed by atoms with van der Waals surface area (Å²) >= 11 is 5.59. The van der Waals surface area contributed by atoms with E-state index in [4.69, 9.17) is 11.6 Å². The number of amides is 1. The summed E-state index contributed by atoms with van der Waals surface area (Å²) < 4.78 is 49.1. The summed E-state index contributed by atoms with van der Waals surface area (Å²) in [5.74, 6) is -6.78. The van der Waals surface area contributed by atoms with Crippen LogP contribution in [-0.4, -0.2) is 18.3 Å². The highest BCUT2D eigenvalue weighted by molar-refractivity contribution is 6.31. The standard InChI is InChI=1S/C10H8ClF4NO/c1-5-2-3-6(11)4-7(5)16-9(17)10(14,15)8(12)13/h2-4,8H,1H3,(H,16,17). The predicted molar refractivity (Wildman–Crippen MR) is 55.8 cm³/mol. The van der Waals surface area contributed by atoms with Crippen LogP contribution < -0.4 is 5.32 Å². The minimum atomic E-state index is -4.73. The van der Waals surface area contributed by atoms with Crippen LogP contribution in [0.5, 0.6) is 0 Å². The van der Waals surface area contributed by atoms with E-state index in [0.717, 1.165) is 0 Å². The van der Waals surface area contributed by atoms with Gasteiger partial charge < -0.3 is 5.32 Å². The Kier molecular flexibility index (Phi) is 3.98. The number of hydrogen-bond donors (Lipinski definition) is 1. The van der Waals surface area contributed by atoms with Crippen LogP contribution in [0, 0.1) is 6.92 Å². The smallest absolute Gasteiger partial charge is 0.320 e. The van der Waals surface area contributed by atoms with Gasteiger partial charge in [0.1, 0.15) is 0 Å². The predicted octanol–water partition coefficient (Wildman–Crippen LogP) is 3.49. The number of halogens is 5. The summed E-state index contributed by atoms with van der Waals surface area (Å²) in [6.07, 6.45) is -4.05. The van der Waals surface area contributed by atoms with E-state index < -0.39 is 18.3 Å². The first-order valence-corrected chi connectivity index (χ1v) is 4.86. The first-order valence-electron chi connectivity index (χ1n) is 4.48. The molecular formula is C10H8ClF4NO. The lowest BCUT2D eigenvalue weighted by Gasteiger charge is -2.16. The number of hydrogen-bond acceptors (Lipinski definition) is 1. The maximum Gasteiger partial charge on any atom is 0.383 e. The lowest BCUT2D eigenvalue weighted by molar-refractivity contribution is -0.163. The zero-order valence-corrected chi connectivity index (χ0v) is 9.36. The second-order valence-electron chi connectivity index (χ2n) is 3.34. The molecule has 0 aromatic heterocycles. The number of rotatable bonds is 3. The summed E-state index contributed by atoms with van der Waals surface area (Å²) in [7, 11) is 0. The quantitative estimate of drug-likeness (QED) is 0.836. The van der Waals surface area contributed by atoms with Gasteiger partial charge in [0.2, 0.25) is 0 Å². The van der Waals surface area contributed by atoms with Crippen molar-refractivity contribution in [3.8, 4) is 0 Å². The molecule has 0 aliphatic carbocycles. The lowest BCUT2D eigenvalue weighted by Crippen LogP contribution is -2.41.